The largest absolute Gasteiger partial charge is 0.468 e. The van der Waals surface area contributed by atoms with Crippen molar-refractivity contribution in [1.29, 1.82) is 0 Å². The molecule has 18 heavy (non-hydrogen) atoms. The summed E-state index contributed by atoms with van der Waals surface area (Å²) in [6.45, 7) is 1.46. The van der Waals surface area contributed by atoms with Crippen LogP contribution in [0.1, 0.15) is 11.3 Å². The van der Waals surface area contributed by atoms with Crippen LogP contribution in [-0.2, 0) is 17.9 Å². The molecule has 2 rings (SSSR count). The highest BCUT2D eigenvalue weighted by molar-refractivity contribution is 5.75. The smallest absolute Gasteiger partial charge is 0.231 e. The number of amides is 1. The number of primary amides is 1. The Kier molecular flexibility index (Phi) is 4.15. The molecule has 0 aliphatic carbocycles. The maximum absolute atomic E-state index is 11.1. The lowest BCUT2D eigenvalue weighted by Gasteiger charge is -2.19. The van der Waals surface area contributed by atoms with Crippen LogP contribution in [0.25, 0.3) is 0 Å². The molecule has 0 bridgehead atoms. The Morgan fingerprint density at radius 3 is 2.50 bits per heavy atom. The molecule has 0 unspecified atom stereocenters. The number of nitrogens with two attached hydrogens (primary N) is 1. The molecule has 0 saturated heterocycles. The van der Waals surface area contributed by atoms with E-state index < -0.39 is 0 Å². The lowest BCUT2D eigenvalue weighted by atomic mass is 10.2. The van der Waals surface area contributed by atoms with Gasteiger partial charge in [0.25, 0.3) is 0 Å². The minimum Gasteiger partial charge on any atom is -0.468 e. The van der Waals surface area contributed by atoms with Gasteiger partial charge in [0.15, 0.2) is 0 Å². The minimum atomic E-state index is -0.336. The first kappa shape index (κ1) is 12.4. The van der Waals surface area contributed by atoms with E-state index in [9.17, 15) is 4.79 Å². The molecule has 0 spiro atoms. The predicted octanol–water partition coefficient (Wildman–Crippen LogP) is 1.77. The second kappa shape index (κ2) is 6.02. The Hall–Kier alpha value is -2.07. The van der Waals surface area contributed by atoms with Gasteiger partial charge in [-0.1, -0.05) is 30.3 Å². The second-order valence-electron chi connectivity index (χ2n) is 4.18. The fraction of sp³-hybridized carbons (Fsp3) is 0.214. The van der Waals surface area contributed by atoms with Gasteiger partial charge in [0.2, 0.25) is 5.91 Å². The topological polar surface area (TPSA) is 59.5 Å². The number of carbonyl (C=O) groups excluding carboxylic acids is 1. The molecule has 94 valence electrons. The highest BCUT2D eigenvalue weighted by Gasteiger charge is 2.11. The molecule has 0 saturated carbocycles. The van der Waals surface area contributed by atoms with Gasteiger partial charge in [-0.3, -0.25) is 9.69 Å². The number of rotatable bonds is 6. The van der Waals surface area contributed by atoms with E-state index in [1.807, 2.05) is 47.4 Å². The molecule has 0 fully saturated rings. The Morgan fingerprint density at radius 1 is 1.11 bits per heavy atom. The van der Waals surface area contributed by atoms with Crippen LogP contribution in [0.2, 0.25) is 0 Å². The van der Waals surface area contributed by atoms with E-state index in [2.05, 4.69) is 0 Å². The molecule has 1 aromatic heterocycles. The van der Waals surface area contributed by atoms with Crippen LogP contribution >= 0.6 is 0 Å². The number of hydrogen-bond donors (Lipinski definition) is 1. The fourth-order valence-corrected chi connectivity index (χ4v) is 1.85. The summed E-state index contributed by atoms with van der Waals surface area (Å²) in [6.07, 6.45) is 1.63. The summed E-state index contributed by atoms with van der Waals surface area (Å²) >= 11 is 0. The van der Waals surface area contributed by atoms with E-state index in [0.717, 1.165) is 11.3 Å². The van der Waals surface area contributed by atoms with Gasteiger partial charge < -0.3 is 10.2 Å². The zero-order valence-electron chi connectivity index (χ0n) is 10.1. The molecule has 1 aromatic carbocycles. The molecular formula is C14H16N2O2. The van der Waals surface area contributed by atoms with E-state index in [1.54, 1.807) is 6.26 Å². The minimum absolute atomic E-state index is 0.218. The Bertz CT molecular complexity index is 480. The summed E-state index contributed by atoms with van der Waals surface area (Å²) in [5.74, 6) is 0.490. The first-order valence-corrected chi connectivity index (χ1v) is 5.81. The summed E-state index contributed by atoms with van der Waals surface area (Å²) in [4.78, 5) is 13.0. The van der Waals surface area contributed by atoms with Gasteiger partial charge in [-0.25, -0.2) is 0 Å². The maximum atomic E-state index is 11.1. The highest BCUT2D eigenvalue weighted by atomic mass is 16.3. The first-order chi connectivity index (χ1) is 8.74. The Labute approximate surface area is 106 Å². The van der Waals surface area contributed by atoms with Gasteiger partial charge in [-0.05, 0) is 17.7 Å². The molecule has 1 heterocycles. The normalized spacial score (nSPS) is 10.7. The second-order valence-corrected chi connectivity index (χ2v) is 4.18. The Balaban J connectivity index is 2.03. The lowest BCUT2D eigenvalue weighted by molar-refractivity contribution is -0.119. The molecule has 2 aromatic rings. The van der Waals surface area contributed by atoms with Crippen LogP contribution in [0.3, 0.4) is 0 Å². The third-order valence-electron chi connectivity index (χ3n) is 2.59. The van der Waals surface area contributed by atoms with Crippen molar-refractivity contribution in [2.24, 2.45) is 5.73 Å². The van der Waals surface area contributed by atoms with Crippen molar-refractivity contribution in [1.82, 2.24) is 4.90 Å². The van der Waals surface area contributed by atoms with Crippen LogP contribution in [0.15, 0.2) is 53.1 Å². The van der Waals surface area contributed by atoms with E-state index >= 15 is 0 Å². The molecule has 0 aliphatic heterocycles. The third kappa shape index (κ3) is 3.75. The van der Waals surface area contributed by atoms with Crippen molar-refractivity contribution in [2.75, 3.05) is 6.54 Å². The van der Waals surface area contributed by atoms with Crippen molar-refractivity contribution in [3.8, 4) is 0 Å². The average molecular weight is 244 g/mol. The number of nitrogens with zero attached hydrogens (tertiary/aromatic N) is 1. The maximum Gasteiger partial charge on any atom is 0.231 e. The van der Waals surface area contributed by atoms with Gasteiger partial charge in [-0.2, -0.15) is 0 Å². The average Bonchev–Trinajstić information content (AvgIpc) is 2.82. The zero-order chi connectivity index (χ0) is 12.8. The summed E-state index contributed by atoms with van der Waals surface area (Å²) in [7, 11) is 0. The molecule has 2 N–H and O–H groups in total. The summed E-state index contributed by atoms with van der Waals surface area (Å²) < 4.78 is 5.29. The Morgan fingerprint density at radius 2 is 1.89 bits per heavy atom. The number of carbonyl (C=O) groups is 1. The standard InChI is InChI=1S/C14H16N2O2/c15-14(17)11-16(10-13-7-4-8-18-13)9-12-5-2-1-3-6-12/h1-8H,9-11H2,(H2,15,17). The van der Waals surface area contributed by atoms with Gasteiger partial charge in [0.05, 0.1) is 19.4 Å². The van der Waals surface area contributed by atoms with Crippen LogP contribution in [0.4, 0.5) is 0 Å². The van der Waals surface area contributed by atoms with Crippen molar-refractivity contribution in [3.63, 3.8) is 0 Å². The molecule has 4 heteroatoms. The predicted molar refractivity (Wildman–Crippen MR) is 68.5 cm³/mol. The van der Waals surface area contributed by atoms with Crippen LogP contribution in [0, 0.1) is 0 Å². The van der Waals surface area contributed by atoms with E-state index in [-0.39, 0.29) is 12.5 Å². The molecule has 1 amide bonds. The molecule has 0 atom stereocenters. The molecule has 0 radical (unpaired) electrons. The summed E-state index contributed by atoms with van der Waals surface area (Å²) in [6, 6.07) is 13.7. The van der Waals surface area contributed by atoms with Crippen molar-refractivity contribution < 1.29 is 9.21 Å². The number of hydrogen-bond acceptors (Lipinski definition) is 3. The lowest BCUT2D eigenvalue weighted by Crippen LogP contribution is -2.32. The van der Waals surface area contributed by atoms with Crippen LogP contribution < -0.4 is 5.73 Å². The van der Waals surface area contributed by atoms with Crippen molar-refractivity contribution >= 4 is 5.91 Å². The van der Waals surface area contributed by atoms with Crippen molar-refractivity contribution in [2.45, 2.75) is 13.1 Å². The van der Waals surface area contributed by atoms with Gasteiger partial charge in [0, 0.05) is 6.54 Å². The zero-order valence-corrected chi connectivity index (χ0v) is 10.1. The van der Waals surface area contributed by atoms with Crippen LogP contribution in [-0.4, -0.2) is 17.4 Å². The molecular weight excluding hydrogens is 228 g/mol. The summed E-state index contributed by atoms with van der Waals surface area (Å²) in [5, 5.41) is 0. The summed E-state index contributed by atoms with van der Waals surface area (Å²) in [5.41, 5.74) is 6.41. The van der Waals surface area contributed by atoms with E-state index in [0.29, 0.717) is 13.1 Å². The first-order valence-electron chi connectivity index (χ1n) is 5.81. The van der Waals surface area contributed by atoms with E-state index in [4.69, 9.17) is 10.2 Å². The van der Waals surface area contributed by atoms with E-state index in [1.165, 1.54) is 0 Å². The van der Waals surface area contributed by atoms with Gasteiger partial charge in [-0.15, -0.1) is 0 Å². The number of furan rings is 1. The van der Waals surface area contributed by atoms with Crippen molar-refractivity contribution in [3.05, 3.63) is 60.1 Å². The monoisotopic (exact) mass is 244 g/mol. The van der Waals surface area contributed by atoms with Crippen LogP contribution in [0.5, 0.6) is 0 Å². The third-order valence-corrected chi connectivity index (χ3v) is 2.59. The molecule has 4 nitrogen and oxygen atoms in total. The SMILES string of the molecule is NC(=O)CN(Cc1ccccc1)Cc1ccco1. The van der Waals surface area contributed by atoms with Gasteiger partial charge in [0.1, 0.15) is 5.76 Å². The fourth-order valence-electron chi connectivity index (χ4n) is 1.85. The van der Waals surface area contributed by atoms with Gasteiger partial charge >= 0.3 is 0 Å². The highest BCUT2D eigenvalue weighted by Crippen LogP contribution is 2.09. The molecule has 0 aliphatic rings. The number of benzene rings is 1. The quantitative estimate of drug-likeness (QED) is 0.842.